The molecule has 1 aromatic carbocycles. The van der Waals surface area contributed by atoms with Gasteiger partial charge in [0.25, 0.3) is 5.56 Å². The quantitative estimate of drug-likeness (QED) is 0.576. The van der Waals surface area contributed by atoms with Crippen LogP contribution in [0.4, 0.5) is 0 Å². The van der Waals surface area contributed by atoms with E-state index in [9.17, 15) is 4.79 Å². The number of pyridine rings is 2. The minimum absolute atomic E-state index is 0.205. The van der Waals surface area contributed by atoms with Crippen LogP contribution in [0.25, 0.3) is 33.2 Å². The van der Waals surface area contributed by atoms with Crippen LogP contribution in [0.3, 0.4) is 0 Å². The van der Waals surface area contributed by atoms with Gasteiger partial charge < -0.3 is 9.51 Å². The Morgan fingerprint density at radius 3 is 2.64 bits per heavy atom. The van der Waals surface area contributed by atoms with Gasteiger partial charge in [0, 0.05) is 39.4 Å². The van der Waals surface area contributed by atoms with Crippen LogP contribution in [0.1, 0.15) is 11.5 Å². The van der Waals surface area contributed by atoms with E-state index in [4.69, 9.17) is 16.1 Å². The Bertz CT molecular complexity index is 1130. The van der Waals surface area contributed by atoms with Gasteiger partial charge >= 0.3 is 0 Å². The van der Waals surface area contributed by atoms with Crippen molar-refractivity contribution < 1.29 is 4.52 Å². The molecular weight excluding hydrogens is 338 g/mol. The zero-order chi connectivity index (χ0) is 17.6. The third-order valence-electron chi connectivity index (χ3n) is 4.21. The smallest absolute Gasteiger partial charge is 0.257 e. The second-order valence-corrected chi connectivity index (χ2v) is 6.27. The van der Waals surface area contributed by atoms with E-state index in [0.29, 0.717) is 33.1 Å². The van der Waals surface area contributed by atoms with Crippen molar-refractivity contribution in [3.05, 3.63) is 69.6 Å². The number of benzene rings is 1. The number of aromatic nitrogens is 3. The Morgan fingerprint density at radius 2 is 1.96 bits per heavy atom. The first-order chi connectivity index (χ1) is 12.1. The van der Waals surface area contributed by atoms with E-state index in [1.807, 2.05) is 25.1 Å². The molecule has 1 N–H and O–H groups in total. The number of nitrogens with zero attached hydrogens (tertiary/aromatic N) is 2. The van der Waals surface area contributed by atoms with Crippen molar-refractivity contribution in [2.45, 2.75) is 13.8 Å². The average Bonchev–Trinajstić information content (AvgIpc) is 2.93. The van der Waals surface area contributed by atoms with Gasteiger partial charge in [-0.1, -0.05) is 22.8 Å². The van der Waals surface area contributed by atoms with Gasteiger partial charge in [0.2, 0.25) is 0 Å². The number of nitrogens with one attached hydrogen (secondary N) is 1. The number of rotatable bonds is 2. The number of H-pyrrole nitrogens is 1. The molecule has 3 heterocycles. The minimum atomic E-state index is -0.205. The molecule has 0 saturated carbocycles. The molecule has 0 amide bonds. The fourth-order valence-corrected chi connectivity index (χ4v) is 3.33. The van der Waals surface area contributed by atoms with E-state index in [-0.39, 0.29) is 5.56 Å². The summed E-state index contributed by atoms with van der Waals surface area (Å²) in [5.41, 5.74) is 3.97. The molecule has 0 bridgehead atoms. The number of fused-ring (bicyclic) bond motifs is 1. The van der Waals surface area contributed by atoms with Crippen LogP contribution in [-0.4, -0.2) is 15.1 Å². The van der Waals surface area contributed by atoms with Gasteiger partial charge in [0.05, 0.1) is 16.8 Å². The van der Waals surface area contributed by atoms with Gasteiger partial charge in [-0.3, -0.25) is 9.78 Å². The molecule has 6 heteroatoms. The number of hydrogen-bond acceptors (Lipinski definition) is 4. The zero-order valence-electron chi connectivity index (χ0n) is 13.6. The minimum Gasteiger partial charge on any atom is -0.361 e. The number of aryl methyl sites for hydroxylation is 2. The summed E-state index contributed by atoms with van der Waals surface area (Å²) in [4.78, 5) is 20.1. The molecule has 124 valence electrons. The highest BCUT2D eigenvalue weighted by Crippen LogP contribution is 2.37. The van der Waals surface area contributed by atoms with Gasteiger partial charge in [0.15, 0.2) is 0 Å². The predicted molar refractivity (Wildman–Crippen MR) is 97.8 cm³/mol. The van der Waals surface area contributed by atoms with E-state index in [2.05, 4.69) is 15.1 Å². The molecule has 0 unspecified atom stereocenters. The van der Waals surface area contributed by atoms with Crippen LogP contribution < -0.4 is 5.56 Å². The average molecular weight is 352 g/mol. The lowest BCUT2D eigenvalue weighted by Gasteiger charge is -2.13. The number of hydrogen-bond donors (Lipinski definition) is 1. The van der Waals surface area contributed by atoms with Crippen molar-refractivity contribution in [3.63, 3.8) is 0 Å². The summed E-state index contributed by atoms with van der Waals surface area (Å²) < 4.78 is 5.29. The van der Waals surface area contributed by atoms with Crippen LogP contribution in [0.5, 0.6) is 0 Å². The van der Waals surface area contributed by atoms with Gasteiger partial charge in [-0.2, -0.15) is 0 Å². The summed E-state index contributed by atoms with van der Waals surface area (Å²) in [6.07, 6.45) is 3.43. The predicted octanol–water partition coefficient (Wildman–Crippen LogP) is 4.52. The summed E-state index contributed by atoms with van der Waals surface area (Å²) in [6.45, 7) is 3.62. The summed E-state index contributed by atoms with van der Waals surface area (Å²) in [5.74, 6) is 0.592. The highest BCUT2D eigenvalue weighted by molar-refractivity contribution is 6.31. The zero-order valence-corrected chi connectivity index (χ0v) is 14.4. The maximum absolute atomic E-state index is 12.9. The highest BCUT2D eigenvalue weighted by Gasteiger charge is 2.22. The van der Waals surface area contributed by atoms with Gasteiger partial charge in [0.1, 0.15) is 5.76 Å². The lowest BCUT2D eigenvalue weighted by molar-refractivity contribution is 0.393. The molecule has 3 aromatic heterocycles. The van der Waals surface area contributed by atoms with Gasteiger partial charge in [-0.05, 0) is 38.1 Å². The van der Waals surface area contributed by atoms with Crippen LogP contribution >= 0.6 is 11.6 Å². The van der Waals surface area contributed by atoms with Crippen molar-refractivity contribution in [1.29, 1.82) is 0 Å². The van der Waals surface area contributed by atoms with E-state index in [0.717, 1.165) is 16.5 Å². The Balaban J connectivity index is 2.23. The molecule has 0 atom stereocenters. The topological polar surface area (TPSA) is 71.8 Å². The van der Waals surface area contributed by atoms with Crippen LogP contribution in [0.15, 0.2) is 52.0 Å². The summed E-state index contributed by atoms with van der Waals surface area (Å²) >= 11 is 6.22. The van der Waals surface area contributed by atoms with Crippen LogP contribution in [0, 0.1) is 13.8 Å². The Labute approximate surface area is 148 Å². The lowest BCUT2D eigenvalue weighted by atomic mass is 9.92. The first kappa shape index (κ1) is 15.6. The second kappa shape index (κ2) is 5.86. The molecule has 0 saturated heterocycles. The largest absolute Gasteiger partial charge is 0.361 e. The molecular formula is C19H14ClN3O2. The van der Waals surface area contributed by atoms with E-state index in [1.165, 1.54) is 0 Å². The lowest BCUT2D eigenvalue weighted by Crippen LogP contribution is -2.12. The first-order valence-electron chi connectivity index (χ1n) is 7.75. The van der Waals surface area contributed by atoms with E-state index >= 15 is 0 Å². The third-order valence-corrected chi connectivity index (χ3v) is 4.44. The van der Waals surface area contributed by atoms with Crippen molar-refractivity contribution >= 4 is 22.5 Å². The Morgan fingerprint density at radius 1 is 1.12 bits per heavy atom. The fourth-order valence-electron chi connectivity index (χ4n) is 3.15. The fraction of sp³-hybridized carbons (Fsp3) is 0.105. The Kier molecular flexibility index (Phi) is 3.66. The van der Waals surface area contributed by atoms with Crippen LogP contribution in [0.2, 0.25) is 5.02 Å². The van der Waals surface area contributed by atoms with Gasteiger partial charge in [-0.15, -0.1) is 0 Å². The number of aromatic amines is 1. The van der Waals surface area contributed by atoms with Crippen molar-refractivity contribution in [1.82, 2.24) is 15.1 Å². The second-order valence-electron chi connectivity index (χ2n) is 5.83. The summed E-state index contributed by atoms with van der Waals surface area (Å²) in [6, 6.07) is 9.16. The molecule has 4 aromatic rings. The maximum Gasteiger partial charge on any atom is 0.257 e. The third kappa shape index (κ3) is 2.53. The van der Waals surface area contributed by atoms with E-state index < -0.39 is 0 Å². The molecule has 0 radical (unpaired) electrons. The molecule has 0 aliphatic heterocycles. The van der Waals surface area contributed by atoms with Gasteiger partial charge in [-0.25, -0.2) is 0 Å². The maximum atomic E-state index is 12.9. The molecule has 0 aliphatic rings. The first-order valence-corrected chi connectivity index (χ1v) is 8.13. The van der Waals surface area contributed by atoms with Crippen molar-refractivity contribution in [2.75, 3.05) is 0 Å². The summed E-state index contributed by atoms with van der Waals surface area (Å²) in [5, 5.41) is 5.43. The molecule has 4 rings (SSSR count). The molecule has 0 aliphatic carbocycles. The van der Waals surface area contributed by atoms with Crippen molar-refractivity contribution in [2.24, 2.45) is 0 Å². The molecule has 5 nitrogen and oxygen atoms in total. The van der Waals surface area contributed by atoms with E-state index in [1.54, 1.807) is 31.5 Å². The van der Waals surface area contributed by atoms with Crippen LogP contribution in [-0.2, 0) is 0 Å². The summed E-state index contributed by atoms with van der Waals surface area (Å²) in [7, 11) is 0. The normalized spacial score (nSPS) is 11.2. The number of halogens is 1. The highest BCUT2D eigenvalue weighted by atomic mass is 35.5. The Hall–Kier alpha value is -2.92. The SMILES string of the molecule is Cc1noc(C)c1-c1c(-c2cccnc2)c2cc(Cl)ccc2[nH]c1=O. The standard InChI is InChI=1S/C19H14ClN3O2/c1-10-16(11(2)25-23-10)18-17(12-4-3-7-21-9-12)14-8-13(20)5-6-15(14)22-19(18)24/h3-9H,1-2H3,(H,22,24). The molecule has 0 spiro atoms. The van der Waals surface area contributed by atoms with Crippen molar-refractivity contribution in [3.8, 4) is 22.3 Å². The molecule has 0 fully saturated rings. The molecule has 25 heavy (non-hydrogen) atoms. The monoisotopic (exact) mass is 351 g/mol.